The lowest BCUT2D eigenvalue weighted by molar-refractivity contribution is -0.154. The third-order valence-electron chi connectivity index (χ3n) is 16.1. The Balaban J connectivity index is 5.22. The molecule has 558 valence electrons. The van der Waals surface area contributed by atoms with Crippen LogP contribution < -0.4 is 0 Å². The van der Waals surface area contributed by atoms with E-state index >= 15 is 0 Å². The number of hydrogen-bond acceptors (Lipinski definition) is 15. The van der Waals surface area contributed by atoms with Gasteiger partial charge in [-0.15, -0.1) is 0 Å². The molecule has 0 aromatic heterocycles. The number of esters is 2. The van der Waals surface area contributed by atoms with Gasteiger partial charge in [0.2, 0.25) is 0 Å². The molecule has 0 spiro atoms. The van der Waals surface area contributed by atoms with E-state index in [9.17, 15) is 43.2 Å². The molecule has 0 aliphatic rings. The second-order valence-corrected chi connectivity index (χ2v) is 28.4. The molecule has 0 saturated carbocycles. The predicted octanol–water partition coefficient (Wildman–Crippen LogP) is 21.0. The highest BCUT2D eigenvalue weighted by Gasteiger charge is 2.29. The average Bonchev–Trinajstić information content (AvgIpc) is 2.17. The molecular formula is C77H138O17P2. The third kappa shape index (κ3) is 72.1. The Morgan fingerprint density at radius 2 is 0.656 bits per heavy atom. The summed E-state index contributed by atoms with van der Waals surface area (Å²) in [6.45, 7) is 2.23. The minimum absolute atomic E-state index is 0.0740. The number of allylic oxidation sites excluding steroid dienone is 12. The summed E-state index contributed by atoms with van der Waals surface area (Å²) in [5.74, 6) is -0.880. The van der Waals surface area contributed by atoms with Crippen LogP contribution in [0.15, 0.2) is 72.9 Å². The lowest BCUT2D eigenvalue weighted by Crippen LogP contribution is -2.29. The lowest BCUT2D eigenvalue weighted by Gasteiger charge is -2.21. The normalized spacial score (nSPS) is 14.4. The first-order valence-electron chi connectivity index (χ1n) is 38.1. The van der Waals surface area contributed by atoms with Crippen LogP contribution in [0.2, 0.25) is 0 Å². The van der Waals surface area contributed by atoms with Gasteiger partial charge in [-0.1, -0.05) is 215 Å². The van der Waals surface area contributed by atoms with Gasteiger partial charge in [0.05, 0.1) is 33.0 Å². The molecule has 0 aliphatic carbocycles. The second kappa shape index (κ2) is 73.1. The Hall–Kier alpha value is -3.18. The number of aliphatic hydroxyl groups is 1. The quantitative estimate of drug-likeness (QED) is 0.0169. The van der Waals surface area contributed by atoms with Crippen molar-refractivity contribution in [1.29, 1.82) is 0 Å². The van der Waals surface area contributed by atoms with E-state index in [2.05, 4.69) is 86.8 Å². The Bertz CT molecular complexity index is 2040. The van der Waals surface area contributed by atoms with Crippen molar-refractivity contribution in [2.24, 2.45) is 0 Å². The fraction of sp³-hybridized carbons (Fsp3) is 0.792. The fourth-order valence-electron chi connectivity index (χ4n) is 10.3. The molecule has 2 unspecified atom stereocenters. The van der Waals surface area contributed by atoms with Gasteiger partial charge < -0.3 is 43.4 Å². The highest BCUT2D eigenvalue weighted by Crippen LogP contribution is 2.45. The van der Waals surface area contributed by atoms with Gasteiger partial charge in [-0.3, -0.25) is 27.7 Å². The molecule has 0 radical (unpaired) electrons. The van der Waals surface area contributed by atoms with Crippen molar-refractivity contribution in [3.8, 4) is 0 Å². The number of hydrogen-bond donors (Lipinski definition) is 3. The SMILES string of the molecule is CCCCC/C=C\C/C=C\CCCCCCCC(=O)OC[C@H](COP(=O)(O)OC[C@@H](O)COP(=O)(O)OC[C@@H](COCCCCCCC/C=C\CCCCCCC=O)OC(=O)CCCCCCC/C=C\C/C=C\CCCCC)OCCCCCCC/C=C\CCCCCCC=O. The molecule has 96 heavy (non-hydrogen) atoms. The topological polar surface area (TPSA) is 237 Å². The summed E-state index contributed by atoms with van der Waals surface area (Å²) >= 11 is 0. The number of phosphoric ester groups is 2. The van der Waals surface area contributed by atoms with Gasteiger partial charge >= 0.3 is 27.6 Å². The Labute approximate surface area is 583 Å². The number of aldehydes is 2. The molecule has 0 saturated heterocycles. The van der Waals surface area contributed by atoms with Gasteiger partial charge in [0.1, 0.15) is 37.5 Å². The van der Waals surface area contributed by atoms with E-state index in [1.54, 1.807) is 0 Å². The van der Waals surface area contributed by atoms with Gasteiger partial charge in [-0.05, 0) is 154 Å². The highest BCUT2D eigenvalue weighted by molar-refractivity contribution is 7.47. The standard InChI is InChI=1S/C77H138O17P2/c1-3-5-7-9-11-13-15-17-19-25-31-37-43-49-55-61-76(81)89-70-74(88-66-60-54-48-42-36-30-24-22-28-34-40-46-52-58-64-79)71-92-95(83,84)90-67-73(80)68-91-96(85,86)93-72-75(69-87-65-59-53-47-41-35-29-23-21-27-33-39-45-51-57-63-78)94-77(82)62-56-50-44-38-32-26-20-18-16-14-12-10-8-6-4-2/h11-14,17-24,63-64,73-75,80H,3-10,15-16,25-62,65-72H2,1-2H3,(H,83,84)(H,85,86)/b13-11-,14-12-,19-17-,20-18-,23-21-,24-22-/t73-,74-,75-/m1/s1. The van der Waals surface area contributed by atoms with Crippen LogP contribution in [0.3, 0.4) is 0 Å². The summed E-state index contributed by atoms with van der Waals surface area (Å²) in [6.07, 6.45) is 72.9. The summed E-state index contributed by atoms with van der Waals surface area (Å²) in [6, 6.07) is 0. The zero-order valence-electron chi connectivity index (χ0n) is 60.4. The van der Waals surface area contributed by atoms with E-state index in [4.69, 9.17) is 37.0 Å². The molecule has 0 fully saturated rings. The van der Waals surface area contributed by atoms with Crippen molar-refractivity contribution in [3.05, 3.63) is 72.9 Å². The van der Waals surface area contributed by atoms with Crippen LogP contribution in [0.1, 0.15) is 322 Å². The molecule has 0 aromatic carbocycles. The first-order valence-corrected chi connectivity index (χ1v) is 41.1. The van der Waals surface area contributed by atoms with Gasteiger partial charge in [-0.2, -0.15) is 0 Å². The number of carbonyl (C=O) groups is 4. The molecule has 5 atom stereocenters. The van der Waals surface area contributed by atoms with Gasteiger partial charge in [0.25, 0.3) is 0 Å². The minimum atomic E-state index is -4.86. The number of ether oxygens (including phenoxy) is 4. The van der Waals surface area contributed by atoms with Crippen molar-refractivity contribution in [2.45, 2.75) is 340 Å². The van der Waals surface area contributed by atoms with Gasteiger partial charge in [-0.25, -0.2) is 9.13 Å². The molecule has 0 aliphatic heterocycles. The molecular weight excluding hydrogens is 1260 g/mol. The smallest absolute Gasteiger partial charge is 0.463 e. The van der Waals surface area contributed by atoms with E-state index in [0.29, 0.717) is 38.9 Å². The first-order chi connectivity index (χ1) is 46.9. The maximum absolute atomic E-state index is 13.1. The van der Waals surface area contributed by atoms with Gasteiger partial charge in [0, 0.05) is 38.9 Å². The Morgan fingerprint density at radius 3 is 1.05 bits per heavy atom. The van der Waals surface area contributed by atoms with E-state index in [0.717, 1.165) is 244 Å². The predicted molar refractivity (Wildman–Crippen MR) is 391 cm³/mol. The molecule has 0 aromatic rings. The van der Waals surface area contributed by atoms with E-state index in [1.165, 1.54) is 38.5 Å². The van der Waals surface area contributed by atoms with E-state index < -0.39 is 72.3 Å². The van der Waals surface area contributed by atoms with Crippen molar-refractivity contribution < 1.29 is 80.2 Å². The summed E-state index contributed by atoms with van der Waals surface area (Å²) in [5, 5.41) is 10.6. The monoisotopic (exact) mass is 1400 g/mol. The maximum Gasteiger partial charge on any atom is 0.472 e. The number of unbranched alkanes of at least 4 members (excludes halogenated alkanes) is 36. The molecule has 0 rings (SSSR count). The second-order valence-electron chi connectivity index (χ2n) is 25.5. The fourth-order valence-corrected chi connectivity index (χ4v) is 11.9. The van der Waals surface area contributed by atoms with Crippen LogP contribution >= 0.6 is 15.6 Å². The van der Waals surface area contributed by atoms with Crippen molar-refractivity contribution in [3.63, 3.8) is 0 Å². The minimum Gasteiger partial charge on any atom is -0.463 e. The van der Waals surface area contributed by atoms with Crippen LogP contribution in [-0.2, 0) is 65.4 Å². The van der Waals surface area contributed by atoms with Crippen LogP contribution in [0.5, 0.6) is 0 Å². The highest BCUT2D eigenvalue weighted by atomic mass is 31.2. The first kappa shape index (κ1) is 92.8. The molecule has 19 heteroatoms. The van der Waals surface area contributed by atoms with Gasteiger partial charge in [0.15, 0.2) is 0 Å². The van der Waals surface area contributed by atoms with E-state index in [1.807, 2.05) is 0 Å². The molecule has 0 heterocycles. The molecule has 0 bridgehead atoms. The zero-order chi connectivity index (χ0) is 70.0. The van der Waals surface area contributed by atoms with Crippen LogP contribution in [-0.4, -0.2) is 111 Å². The summed E-state index contributed by atoms with van der Waals surface area (Å²) in [4.78, 5) is 68.0. The summed E-state index contributed by atoms with van der Waals surface area (Å²) in [7, 11) is -9.69. The van der Waals surface area contributed by atoms with Crippen LogP contribution in [0.25, 0.3) is 0 Å². The lowest BCUT2D eigenvalue weighted by atomic mass is 10.1. The molecule has 0 amide bonds. The summed E-state index contributed by atoms with van der Waals surface area (Å²) < 4.78 is 69.8. The maximum atomic E-state index is 13.1. The zero-order valence-corrected chi connectivity index (χ0v) is 62.2. The Kier molecular flexibility index (Phi) is 70.6. The third-order valence-corrected chi connectivity index (χ3v) is 18.1. The number of aliphatic hydroxyl groups excluding tert-OH is 1. The van der Waals surface area contributed by atoms with Crippen molar-refractivity contribution in [1.82, 2.24) is 0 Å². The number of rotatable bonds is 76. The van der Waals surface area contributed by atoms with Crippen LogP contribution in [0, 0.1) is 0 Å². The number of carbonyl (C=O) groups excluding carboxylic acids is 4. The molecule has 17 nitrogen and oxygen atoms in total. The van der Waals surface area contributed by atoms with Crippen molar-refractivity contribution >= 4 is 40.2 Å². The largest absolute Gasteiger partial charge is 0.472 e. The van der Waals surface area contributed by atoms with Crippen molar-refractivity contribution in [2.75, 3.05) is 52.9 Å². The Morgan fingerprint density at radius 1 is 0.344 bits per heavy atom. The number of phosphoric acid groups is 2. The molecule has 3 N–H and O–H groups in total. The van der Waals surface area contributed by atoms with Crippen LogP contribution in [0.4, 0.5) is 0 Å². The van der Waals surface area contributed by atoms with E-state index in [-0.39, 0.29) is 26.1 Å². The summed E-state index contributed by atoms with van der Waals surface area (Å²) in [5.41, 5.74) is 0. The average molecular weight is 1400 g/mol.